The molecular formula is C14H15ClN2O2. The van der Waals surface area contributed by atoms with Crippen LogP contribution >= 0.6 is 11.6 Å². The molecule has 0 saturated heterocycles. The number of aromatic carboxylic acids is 1. The van der Waals surface area contributed by atoms with Gasteiger partial charge >= 0.3 is 5.97 Å². The molecule has 0 aliphatic carbocycles. The highest BCUT2D eigenvalue weighted by Gasteiger charge is 2.16. The van der Waals surface area contributed by atoms with E-state index in [1.165, 1.54) is 0 Å². The Kier molecular flexibility index (Phi) is 3.62. The predicted octanol–water partition coefficient (Wildman–Crippen LogP) is 3.56. The Labute approximate surface area is 116 Å². The summed E-state index contributed by atoms with van der Waals surface area (Å²) in [5.41, 5.74) is 2.82. The van der Waals surface area contributed by atoms with Crippen molar-refractivity contribution in [2.24, 2.45) is 7.05 Å². The Morgan fingerprint density at radius 2 is 2.05 bits per heavy atom. The van der Waals surface area contributed by atoms with E-state index in [0.717, 1.165) is 16.8 Å². The first-order chi connectivity index (χ1) is 8.90. The molecule has 1 aromatic heterocycles. The molecule has 0 atom stereocenters. The molecule has 0 amide bonds. The highest BCUT2D eigenvalue weighted by atomic mass is 35.5. The van der Waals surface area contributed by atoms with Gasteiger partial charge in [0.05, 0.1) is 5.69 Å². The van der Waals surface area contributed by atoms with Crippen LogP contribution in [0.25, 0.3) is 11.3 Å². The summed E-state index contributed by atoms with van der Waals surface area (Å²) in [5.74, 6) is -0.717. The van der Waals surface area contributed by atoms with Crippen LogP contribution in [0.1, 0.15) is 35.8 Å². The summed E-state index contributed by atoms with van der Waals surface area (Å²) in [6.07, 6.45) is 0. The number of carboxylic acid groups (broad SMARTS) is 1. The third kappa shape index (κ3) is 2.63. The van der Waals surface area contributed by atoms with Crippen molar-refractivity contribution in [1.82, 2.24) is 9.78 Å². The number of nitrogens with zero attached hydrogens (tertiary/aromatic N) is 2. The quantitative estimate of drug-likeness (QED) is 0.934. The van der Waals surface area contributed by atoms with E-state index in [2.05, 4.69) is 18.9 Å². The molecule has 1 heterocycles. The third-order valence-corrected chi connectivity index (χ3v) is 3.25. The summed E-state index contributed by atoms with van der Waals surface area (Å²) in [6.45, 7) is 4.17. The molecule has 0 aliphatic heterocycles. The number of carbonyl (C=O) groups is 1. The van der Waals surface area contributed by atoms with Crippen LogP contribution in [0, 0.1) is 0 Å². The van der Waals surface area contributed by atoms with Crippen molar-refractivity contribution in [2.75, 3.05) is 0 Å². The Morgan fingerprint density at radius 3 is 2.58 bits per heavy atom. The number of hydrogen-bond donors (Lipinski definition) is 1. The summed E-state index contributed by atoms with van der Waals surface area (Å²) in [7, 11) is 1.73. The van der Waals surface area contributed by atoms with Gasteiger partial charge in [-0.1, -0.05) is 31.5 Å². The lowest BCUT2D eigenvalue weighted by Gasteiger charge is -2.13. The van der Waals surface area contributed by atoms with Gasteiger partial charge in [0.1, 0.15) is 0 Å². The normalized spacial score (nSPS) is 11.0. The fraction of sp³-hybridized carbons (Fsp3) is 0.286. The zero-order valence-corrected chi connectivity index (χ0v) is 11.8. The SMILES string of the molecule is CC(C)c1ccc(Cl)cc1-c1cc(C(=O)O)nn1C. The zero-order valence-electron chi connectivity index (χ0n) is 11.0. The summed E-state index contributed by atoms with van der Waals surface area (Å²) in [4.78, 5) is 11.0. The Morgan fingerprint density at radius 1 is 1.37 bits per heavy atom. The molecule has 1 aromatic carbocycles. The van der Waals surface area contributed by atoms with Crippen LogP contribution in [0.15, 0.2) is 24.3 Å². The summed E-state index contributed by atoms with van der Waals surface area (Å²) in [6, 6.07) is 7.23. The van der Waals surface area contributed by atoms with E-state index < -0.39 is 5.97 Å². The van der Waals surface area contributed by atoms with Crippen LogP contribution in [0.3, 0.4) is 0 Å². The molecular weight excluding hydrogens is 264 g/mol. The zero-order chi connectivity index (χ0) is 14.2. The Hall–Kier alpha value is -1.81. The molecule has 4 nitrogen and oxygen atoms in total. The van der Waals surface area contributed by atoms with Crippen molar-refractivity contribution < 1.29 is 9.90 Å². The number of rotatable bonds is 3. The topological polar surface area (TPSA) is 55.1 Å². The number of aryl methyl sites for hydroxylation is 1. The third-order valence-electron chi connectivity index (χ3n) is 3.01. The summed E-state index contributed by atoms with van der Waals surface area (Å²) < 4.78 is 1.57. The number of benzene rings is 1. The lowest BCUT2D eigenvalue weighted by Crippen LogP contribution is -2.00. The largest absolute Gasteiger partial charge is 0.476 e. The fourth-order valence-corrected chi connectivity index (χ4v) is 2.25. The predicted molar refractivity (Wildman–Crippen MR) is 74.7 cm³/mol. The maximum atomic E-state index is 11.0. The van der Waals surface area contributed by atoms with E-state index in [1.54, 1.807) is 17.8 Å². The second-order valence-electron chi connectivity index (χ2n) is 4.73. The van der Waals surface area contributed by atoms with Gasteiger partial charge in [0.2, 0.25) is 0 Å². The first kappa shape index (κ1) is 13.6. The van der Waals surface area contributed by atoms with E-state index in [-0.39, 0.29) is 5.69 Å². The van der Waals surface area contributed by atoms with Gasteiger partial charge in [-0.05, 0) is 29.7 Å². The number of carboxylic acids is 1. The highest BCUT2D eigenvalue weighted by Crippen LogP contribution is 2.31. The van der Waals surface area contributed by atoms with Crippen LogP contribution in [0.2, 0.25) is 5.02 Å². The molecule has 100 valence electrons. The fourth-order valence-electron chi connectivity index (χ4n) is 2.08. The summed E-state index contributed by atoms with van der Waals surface area (Å²) in [5, 5.41) is 13.6. The Balaban J connectivity index is 2.64. The van der Waals surface area contributed by atoms with Gasteiger partial charge < -0.3 is 5.11 Å². The van der Waals surface area contributed by atoms with E-state index in [0.29, 0.717) is 10.9 Å². The minimum atomic E-state index is -1.03. The minimum Gasteiger partial charge on any atom is -0.476 e. The van der Waals surface area contributed by atoms with E-state index in [9.17, 15) is 4.79 Å². The van der Waals surface area contributed by atoms with Crippen LogP contribution < -0.4 is 0 Å². The van der Waals surface area contributed by atoms with E-state index in [1.807, 2.05) is 18.2 Å². The van der Waals surface area contributed by atoms with Crippen LogP contribution in [0.5, 0.6) is 0 Å². The number of aromatic nitrogens is 2. The molecule has 2 rings (SSSR count). The molecule has 0 bridgehead atoms. The van der Waals surface area contributed by atoms with Gasteiger partial charge in [-0.3, -0.25) is 4.68 Å². The molecule has 0 spiro atoms. The summed E-state index contributed by atoms with van der Waals surface area (Å²) >= 11 is 6.05. The average molecular weight is 279 g/mol. The Bertz CT molecular complexity index is 632. The molecule has 0 saturated carbocycles. The molecule has 0 fully saturated rings. The average Bonchev–Trinajstić information content (AvgIpc) is 2.71. The van der Waals surface area contributed by atoms with Gasteiger partial charge in [-0.2, -0.15) is 5.10 Å². The molecule has 5 heteroatoms. The first-order valence-electron chi connectivity index (χ1n) is 5.97. The van der Waals surface area contributed by atoms with Gasteiger partial charge in [-0.25, -0.2) is 4.79 Å². The van der Waals surface area contributed by atoms with Crippen molar-refractivity contribution in [2.45, 2.75) is 19.8 Å². The monoisotopic (exact) mass is 278 g/mol. The van der Waals surface area contributed by atoms with E-state index in [4.69, 9.17) is 16.7 Å². The maximum Gasteiger partial charge on any atom is 0.356 e. The van der Waals surface area contributed by atoms with Crippen LogP contribution in [-0.2, 0) is 7.05 Å². The van der Waals surface area contributed by atoms with Crippen molar-refractivity contribution >= 4 is 17.6 Å². The number of hydrogen-bond acceptors (Lipinski definition) is 2. The molecule has 0 unspecified atom stereocenters. The molecule has 19 heavy (non-hydrogen) atoms. The molecule has 0 aliphatic rings. The molecule has 2 aromatic rings. The van der Waals surface area contributed by atoms with Gasteiger partial charge in [-0.15, -0.1) is 0 Å². The van der Waals surface area contributed by atoms with Crippen LogP contribution in [0.4, 0.5) is 0 Å². The maximum absolute atomic E-state index is 11.0. The second kappa shape index (κ2) is 5.05. The standard InChI is InChI=1S/C14H15ClN2O2/c1-8(2)10-5-4-9(15)6-11(10)13-7-12(14(18)19)16-17(13)3/h4-8H,1-3H3,(H,18,19). The van der Waals surface area contributed by atoms with E-state index >= 15 is 0 Å². The van der Waals surface area contributed by atoms with Gasteiger partial charge in [0.15, 0.2) is 5.69 Å². The molecule has 1 N–H and O–H groups in total. The second-order valence-corrected chi connectivity index (χ2v) is 5.17. The lowest BCUT2D eigenvalue weighted by atomic mass is 9.95. The van der Waals surface area contributed by atoms with Gasteiger partial charge in [0.25, 0.3) is 0 Å². The van der Waals surface area contributed by atoms with Crippen LogP contribution in [-0.4, -0.2) is 20.9 Å². The number of halogens is 1. The highest BCUT2D eigenvalue weighted by molar-refractivity contribution is 6.30. The van der Waals surface area contributed by atoms with Crippen molar-refractivity contribution in [3.8, 4) is 11.3 Å². The van der Waals surface area contributed by atoms with Crippen molar-refractivity contribution in [3.63, 3.8) is 0 Å². The minimum absolute atomic E-state index is 0.0344. The van der Waals surface area contributed by atoms with Crippen molar-refractivity contribution in [3.05, 3.63) is 40.5 Å². The van der Waals surface area contributed by atoms with Crippen molar-refractivity contribution in [1.29, 1.82) is 0 Å². The lowest BCUT2D eigenvalue weighted by molar-refractivity contribution is 0.0689. The smallest absolute Gasteiger partial charge is 0.356 e. The molecule has 0 radical (unpaired) electrons. The first-order valence-corrected chi connectivity index (χ1v) is 6.35. The van der Waals surface area contributed by atoms with Gasteiger partial charge in [0, 0.05) is 17.6 Å².